The van der Waals surface area contributed by atoms with Crippen molar-refractivity contribution in [2.75, 3.05) is 5.32 Å². The van der Waals surface area contributed by atoms with E-state index in [1.807, 2.05) is 24.3 Å². The number of carboxylic acids is 1. The summed E-state index contributed by atoms with van der Waals surface area (Å²) < 4.78 is 0. The van der Waals surface area contributed by atoms with Gasteiger partial charge >= 0.3 is 5.97 Å². The first-order valence-electron chi connectivity index (χ1n) is 10.3. The van der Waals surface area contributed by atoms with Gasteiger partial charge in [-0.1, -0.05) is 65.7 Å². The van der Waals surface area contributed by atoms with Gasteiger partial charge in [-0.15, -0.1) is 0 Å². The second-order valence-electron chi connectivity index (χ2n) is 8.42. The Balaban J connectivity index is 1.62. The minimum Gasteiger partial charge on any atom is -0.481 e. The van der Waals surface area contributed by atoms with Crippen LogP contribution in [0.25, 0.3) is 11.1 Å². The monoisotopic (exact) mass is 483 g/mol. The number of Topliss-reactive ketones (excluding diaryl/α,β-unsaturated/α-hetero) is 1. The van der Waals surface area contributed by atoms with Gasteiger partial charge in [-0.25, -0.2) is 0 Å². The highest BCUT2D eigenvalue weighted by Crippen LogP contribution is 2.26. The molecule has 170 valence electrons. The second kappa shape index (κ2) is 10.2. The molecule has 3 rings (SSSR count). The number of benzene rings is 3. The van der Waals surface area contributed by atoms with E-state index in [0.717, 1.165) is 16.7 Å². The van der Waals surface area contributed by atoms with Gasteiger partial charge in [0.2, 0.25) is 5.91 Å². The molecule has 0 aromatic heterocycles. The molecule has 3 aromatic rings. The van der Waals surface area contributed by atoms with Gasteiger partial charge < -0.3 is 10.4 Å². The van der Waals surface area contributed by atoms with Crippen molar-refractivity contribution in [2.24, 2.45) is 5.41 Å². The molecule has 0 spiro atoms. The number of anilines is 1. The number of rotatable bonds is 8. The van der Waals surface area contributed by atoms with E-state index in [0.29, 0.717) is 21.3 Å². The summed E-state index contributed by atoms with van der Waals surface area (Å²) in [4.78, 5) is 36.0. The Morgan fingerprint density at radius 1 is 0.848 bits per heavy atom. The molecule has 0 saturated heterocycles. The molecule has 0 unspecified atom stereocenters. The average molecular weight is 484 g/mol. The van der Waals surface area contributed by atoms with E-state index >= 15 is 0 Å². The minimum atomic E-state index is -1.12. The van der Waals surface area contributed by atoms with Crippen LogP contribution in [0.4, 0.5) is 5.69 Å². The molecule has 0 aliphatic carbocycles. The predicted octanol–water partition coefficient (Wildman–Crippen LogP) is 6.53. The van der Waals surface area contributed by atoms with Gasteiger partial charge in [-0.2, -0.15) is 0 Å². The number of nitrogens with one attached hydrogen (secondary N) is 1. The van der Waals surface area contributed by atoms with Crippen molar-refractivity contribution in [1.29, 1.82) is 0 Å². The maximum Gasteiger partial charge on any atom is 0.309 e. The van der Waals surface area contributed by atoms with Gasteiger partial charge in [0.1, 0.15) is 0 Å². The fraction of sp³-hybridized carbons (Fsp3) is 0.192. The lowest BCUT2D eigenvalue weighted by Crippen LogP contribution is -2.26. The smallest absolute Gasteiger partial charge is 0.309 e. The molecule has 2 N–H and O–H groups in total. The summed E-state index contributed by atoms with van der Waals surface area (Å²) in [5.74, 6) is -1.39. The summed E-state index contributed by atoms with van der Waals surface area (Å²) in [6, 6.07) is 19.5. The molecule has 1 amide bonds. The summed E-state index contributed by atoms with van der Waals surface area (Å²) in [6.45, 7) is 3.07. The van der Waals surface area contributed by atoms with Crippen molar-refractivity contribution >= 4 is 46.5 Å². The fourth-order valence-corrected chi connectivity index (χ4v) is 3.53. The number of amides is 1. The van der Waals surface area contributed by atoms with Crippen LogP contribution in [-0.2, 0) is 16.0 Å². The molecule has 0 atom stereocenters. The van der Waals surface area contributed by atoms with E-state index in [1.54, 1.807) is 42.5 Å². The number of aliphatic carboxylic acids is 1. The molecule has 0 heterocycles. The molecule has 0 bridgehead atoms. The third-order valence-electron chi connectivity index (χ3n) is 5.24. The van der Waals surface area contributed by atoms with E-state index < -0.39 is 11.4 Å². The normalized spacial score (nSPS) is 11.2. The van der Waals surface area contributed by atoms with Crippen molar-refractivity contribution in [3.63, 3.8) is 0 Å². The van der Waals surface area contributed by atoms with Crippen LogP contribution in [0.3, 0.4) is 0 Å². The molecule has 0 aliphatic heterocycles. The maximum absolute atomic E-state index is 12.4. The Morgan fingerprint density at radius 2 is 1.42 bits per heavy atom. The third-order valence-corrected chi connectivity index (χ3v) is 5.98. The molecule has 0 fully saturated rings. The number of carbonyl (C=O) groups excluding carboxylic acids is 2. The number of carbonyl (C=O) groups is 3. The van der Waals surface area contributed by atoms with Crippen LogP contribution in [0.5, 0.6) is 0 Å². The molecular weight excluding hydrogens is 461 g/mol. The number of carboxylic acid groups (broad SMARTS) is 1. The first-order chi connectivity index (χ1) is 15.5. The predicted molar refractivity (Wildman–Crippen MR) is 131 cm³/mol. The quantitative estimate of drug-likeness (QED) is 0.357. The van der Waals surface area contributed by atoms with Crippen molar-refractivity contribution in [1.82, 2.24) is 0 Å². The van der Waals surface area contributed by atoms with Crippen molar-refractivity contribution in [3.05, 3.63) is 87.9 Å². The Hall–Kier alpha value is -3.15. The lowest BCUT2D eigenvalue weighted by molar-refractivity contribution is -0.146. The zero-order chi connectivity index (χ0) is 24.2. The number of hydrogen-bond acceptors (Lipinski definition) is 3. The second-order valence-corrected chi connectivity index (χ2v) is 9.23. The first kappa shape index (κ1) is 24.5. The molecule has 5 nitrogen and oxygen atoms in total. The van der Waals surface area contributed by atoms with Gasteiger partial charge in [0.15, 0.2) is 5.78 Å². The topological polar surface area (TPSA) is 83.5 Å². The highest BCUT2D eigenvalue weighted by atomic mass is 35.5. The summed E-state index contributed by atoms with van der Waals surface area (Å²) in [5, 5.41) is 12.9. The Morgan fingerprint density at radius 3 is 1.97 bits per heavy atom. The summed E-state index contributed by atoms with van der Waals surface area (Å²) in [6.07, 6.45) is 0.102. The van der Waals surface area contributed by atoms with E-state index in [-0.39, 0.29) is 24.5 Å². The zero-order valence-corrected chi connectivity index (χ0v) is 19.7. The molecule has 33 heavy (non-hydrogen) atoms. The van der Waals surface area contributed by atoms with Crippen LogP contribution in [0.1, 0.15) is 36.2 Å². The lowest BCUT2D eigenvalue weighted by atomic mass is 9.85. The van der Waals surface area contributed by atoms with Crippen LogP contribution >= 0.6 is 23.2 Å². The van der Waals surface area contributed by atoms with Gasteiger partial charge in [0.25, 0.3) is 0 Å². The number of ketones is 1. The van der Waals surface area contributed by atoms with Crippen LogP contribution in [0.2, 0.25) is 10.0 Å². The van der Waals surface area contributed by atoms with E-state index in [1.165, 1.54) is 13.8 Å². The van der Waals surface area contributed by atoms with Gasteiger partial charge in [0.05, 0.1) is 21.9 Å². The van der Waals surface area contributed by atoms with Crippen LogP contribution in [-0.4, -0.2) is 22.8 Å². The third kappa shape index (κ3) is 6.44. The Kier molecular flexibility index (Phi) is 7.57. The maximum atomic E-state index is 12.4. The summed E-state index contributed by atoms with van der Waals surface area (Å²) in [5.41, 5.74) is 2.60. The summed E-state index contributed by atoms with van der Waals surface area (Å²) in [7, 11) is 0. The largest absolute Gasteiger partial charge is 0.481 e. The minimum absolute atomic E-state index is 0.0711. The summed E-state index contributed by atoms with van der Waals surface area (Å²) >= 11 is 11.9. The molecule has 0 aliphatic rings. The molecule has 7 heteroatoms. The average Bonchev–Trinajstić information content (AvgIpc) is 2.76. The van der Waals surface area contributed by atoms with Gasteiger partial charge in [-0.05, 0) is 54.8 Å². The SMILES string of the molecule is CC(C)(CC(=O)c1ccc(-c2ccc(NC(=O)Cc3ccc(Cl)c(Cl)c3)cc2)cc1)C(=O)O. The van der Waals surface area contributed by atoms with Crippen LogP contribution in [0.15, 0.2) is 66.7 Å². The highest BCUT2D eigenvalue weighted by Gasteiger charge is 2.30. The van der Waals surface area contributed by atoms with Crippen LogP contribution < -0.4 is 5.32 Å². The number of halogens is 2. The lowest BCUT2D eigenvalue weighted by Gasteiger charge is -2.17. The van der Waals surface area contributed by atoms with Crippen LogP contribution in [0, 0.1) is 5.41 Å². The van der Waals surface area contributed by atoms with E-state index in [4.69, 9.17) is 23.2 Å². The number of hydrogen-bond donors (Lipinski definition) is 2. The Labute approximate surface area is 202 Å². The van der Waals surface area contributed by atoms with Crippen molar-refractivity contribution in [3.8, 4) is 11.1 Å². The standard InChI is InChI=1S/C26H23Cl2NO4/c1-26(2,25(32)33)15-23(30)19-6-4-17(5-7-19)18-8-10-20(11-9-18)29-24(31)14-16-3-12-21(27)22(28)13-16/h3-13H,14-15H2,1-2H3,(H,29,31)(H,32,33). The van der Waals surface area contributed by atoms with E-state index in [2.05, 4.69) is 5.32 Å². The zero-order valence-electron chi connectivity index (χ0n) is 18.2. The molecule has 3 aromatic carbocycles. The van der Waals surface area contributed by atoms with E-state index in [9.17, 15) is 19.5 Å². The van der Waals surface area contributed by atoms with Crippen molar-refractivity contribution < 1.29 is 19.5 Å². The molecular formula is C26H23Cl2NO4. The van der Waals surface area contributed by atoms with Gasteiger partial charge in [-0.3, -0.25) is 14.4 Å². The fourth-order valence-electron chi connectivity index (χ4n) is 3.21. The molecule has 0 radical (unpaired) electrons. The molecule has 0 saturated carbocycles. The highest BCUT2D eigenvalue weighted by molar-refractivity contribution is 6.42. The van der Waals surface area contributed by atoms with Crippen molar-refractivity contribution in [2.45, 2.75) is 26.7 Å². The first-order valence-corrected chi connectivity index (χ1v) is 11.0. The van der Waals surface area contributed by atoms with Gasteiger partial charge in [0, 0.05) is 17.7 Å². The Bertz CT molecular complexity index is 1190.